The lowest BCUT2D eigenvalue weighted by Crippen LogP contribution is -2.35. The van der Waals surface area contributed by atoms with Gasteiger partial charge < -0.3 is 9.80 Å². The Morgan fingerprint density at radius 3 is 2.63 bits per heavy atom. The number of fused-ring (bicyclic) bond motifs is 2. The van der Waals surface area contributed by atoms with E-state index in [4.69, 9.17) is 0 Å². The minimum atomic E-state index is -3.63. The molecular weight excluding hydrogens is 394 g/mol. The fourth-order valence-electron chi connectivity index (χ4n) is 4.31. The van der Waals surface area contributed by atoms with Crippen molar-refractivity contribution in [3.63, 3.8) is 0 Å². The maximum atomic E-state index is 13.1. The van der Waals surface area contributed by atoms with E-state index in [2.05, 4.69) is 39.8 Å². The second-order valence-corrected chi connectivity index (χ2v) is 9.96. The minimum absolute atomic E-state index is 0.0488. The van der Waals surface area contributed by atoms with Crippen molar-refractivity contribution in [3.8, 4) is 0 Å². The quantitative estimate of drug-likeness (QED) is 0.655. The van der Waals surface area contributed by atoms with E-state index in [0.717, 1.165) is 35.7 Å². The van der Waals surface area contributed by atoms with Crippen molar-refractivity contribution >= 4 is 26.5 Å². The molecule has 0 fully saturated rings. The lowest BCUT2D eigenvalue weighted by Gasteiger charge is -2.30. The molecule has 4 rings (SSSR count). The minimum Gasteiger partial charge on any atom is -0.374 e. The van der Waals surface area contributed by atoms with Crippen molar-refractivity contribution in [2.45, 2.75) is 23.8 Å². The number of aryl methyl sites for hydroxylation is 1. The molecule has 1 aliphatic rings. The molecule has 0 bridgehead atoms. The SMILES string of the molecule is CN1CCCc2cc(C(CNS(=O)(=O)c3cccc4ccccc34)N(C)C)ccc21. The third kappa shape index (κ3) is 4.08. The molecule has 0 aromatic heterocycles. The van der Waals surface area contributed by atoms with Gasteiger partial charge in [0, 0.05) is 37.3 Å². The van der Waals surface area contributed by atoms with Gasteiger partial charge in [0.2, 0.25) is 10.0 Å². The molecule has 5 nitrogen and oxygen atoms in total. The Balaban J connectivity index is 1.60. The predicted octanol–water partition coefficient (Wildman–Crippen LogP) is 3.80. The lowest BCUT2D eigenvalue weighted by atomic mass is 9.96. The highest BCUT2D eigenvalue weighted by Crippen LogP contribution is 2.30. The molecule has 1 N–H and O–H groups in total. The molecule has 0 spiro atoms. The molecule has 30 heavy (non-hydrogen) atoms. The van der Waals surface area contributed by atoms with Gasteiger partial charge in [-0.2, -0.15) is 0 Å². The third-order valence-corrected chi connectivity index (χ3v) is 7.45. The Hall–Kier alpha value is -2.41. The van der Waals surface area contributed by atoms with Crippen LogP contribution in [-0.2, 0) is 16.4 Å². The van der Waals surface area contributed by atoms with E-state index < -0.39 is 10.0 Å². The van der Waals surface area contributed by atoms with Gasteiger partial charge in [-0.15, -0.1) is 0 Å². The number of hydrogen-bond donors (Lipinski definition) is 1. The van der Waals surface area contributed by atoms with Crippen molar-refractivity contribution in [3.05, 3.63) is 71.8 Å². The van der Waals surface area contributed by atoms with E-state index in [0.29, 0.717) is 11.4 Å². The average Bonchev–Trinajstić information content (AvgIpc) is 2.73. The van der Waals surface area contributed by atoms with Crippen molar-refractivity contribution in [1.29, 1.82) is 0 Å². The van der Waals surface area contributed by atoms with Crippen LogP contribution in [0.3, 0.4) is 0 Å². The average molecular weight is 424 g/mol. The molecule has 158 valence electrons. The summed E-state index contributed by atoms with van der Waals surface area (Å²) in [5.74, 6) is 0. The van der Waals surface area contributed by atoms with Crippen molar-refractivity contribution in [2.75, 3.05) is 39.1 Å². The number of nitrogens with one attached hydrogen (secondary N) is 1. The molecule has 3 aromatic rings. The summed E-state index contributed by atoms with van der Waals surface area (Å²) >= 11 is 0. The number of anilines is 1. The molecule has 0 aliphatic carbocycles. The molecular formula is C24H29N3O2S. The van der Waals surface area contributed by atoms with E-state index in [1.165, 1.54) is 11.3 Å². The first-order chi connectivity index (χ1) is 14.4. The van der Waals surface area contributed by atoms with E-state index in [9.17, 15) is 8.42 Å². The van der Waals surface area contributed by atoms with Gasteiger partial charge >= 0.3 is 0 Å². The Kier molecular flexibility index (Phi) is 5.82. The van der Waals surface area contributed by atoms with Gasteiger partial charge in [0.05, 0.1) is 4.90 Å². The van der Waals surface area contributed by atoms with Crippen LogP contribution in [0.4, 0.5) is 5.69 Å². The van der Waals surface area contributed by atoms with Gasteiger partial charge in [0.25, 0.3) is 0 Å². The largest absolute Gasteiger partial charge is 0.374 e. The van der Waals surface area contributed by atoms with E-state index in [-0.39, 0.29) is 6.04 Å². The van der Waals surface area contributed by atoms with Gasteiger partial charge in [-0.3, -0.25) is 0 Å². The van der Waals surface area contributed by atoms with Crippen molar-refractivity contribution in [1.82, 2.24) is 9.62 Å². The summed E-state index contributed by atoms with van der Waals surface area (Å²) in [5.41, 5.74) is 3.75. The van der Waals surface area contributed by atoms with Crippen LogP contribution < -0.4 is 9.62 Å². The maximum Gasteiger partial charge on any atom is 0.241 e. The molecule has 6 heteroatoms. The van der Waals surface area contributed by atoms with Crippen LogP contribution >= 0.6 is 0 Å². The van der Waals surface area contributed by atoms with Crippen LogP contribution in [0.1, 0.15) is 23.6 Å². The first-order valence-electron chi connectivity index (χ1n) is 10.3. The molecule has 0 amide bonds. The Morgan fingerprint density at radius 2 is 1.83 bits per heavy atom. The Bertz CT molecular complexity index is 1150. The highest BCUT2D eigenvalue weighted by atomic mass is 32.2. The number of likely N-dealkylation sites (N-methyl/N-ethyl adjacent to an activating group) is 1. The molecule has 1 aliphatic heterocycles. The predicted molar refractivity (Wildman–Crippen MR) is 124 cm³/mol. The normalized spacial score (nSPS) is 15.4. The summed E-state index contributed by atoms with van der Waals surface area (Å²) in [7, 11) is 2.47. The fourth-order valence-corrected chi connectivity index (χ4v) is 5.57. The van der Waals surface area contributed by atoms with E-state index >= 15 is 0 Å². The Morgan fingerprint density at radius 1 is 1.07 bits per heavy atom. The Labute approximate surface area is 179 Å². The number of nitrogens with zero attached hydrogens (tertiary/aromatic N) is 2. The molecule has 0 saturated carbocycles. The smallest absolute Gasteiger partial charge is 0.241 e. The van der Waals surface area contributed by atoms with Gasteiger partial charge in [-0.05, 0) is 55.6 Å². The van der Waals surface area contributed by atoms with Crippen LogP contribution in [-0.4, -0.2) is 47.6 Å². The fraction of sp³-hybridized carbons (Fsp3) is 0.333. The van der Waals surface area contributed by atoms with E-state index in [1.807, 2.05) is 44.4 Å². The zero-order valence-corrected chi connectivity index (χ0v) is 18.6. The molecule has 1 unspecified atom stereocenters. The summed E-state index contributed by atoms with van der Waals surface area (Å²) in [6, 6.07) is 19.4. The second kappa shape index (κ2) is 8.38. The first kappa shape index (κ1) is 20.8. The highest BCUT2D eigenvalue weighted by molar-refractivity contribution is 7.89. The summed E-state index contributed by atoms with van der Waals surface area (Å²) in [6.07, 6.45) is 2.21. The van der Waals surface area contributed by atoms with Gasteiger partial charge in [0.15, 0.2) is 0 Å². The number of benzene rings is 3. The summed E-state index contributed by atoms with van der Waals surface area (Å²) < 4.78 is 29.1. The number of hydrogen-bond acceptors (Lipinski definition) is 4. The molecule has 0 saturated heterocycles. The van der Waals surface area contributed by atoms with Crippen LogP contribution in [0.15, 0.2) is 65.6 Å². The summed E-state index contributed by atoms with van der Waals surface area (Å²) in [4.78, 5) is 4.68. The van der Waals surface area contributed by atoms with Crippen LogP contribution in [0.25, 0.3) is 10.8 Å². The van der Waals surface area contributed by atoms with Crippen LogP contribution in [0.2, 0.25) is 0 Å². The zero-order valence-electron chi connectivity index (χ0n) is 17.8. The summed E-state index contributed by atoms with van der Waals surface area (Å²) in [6.45, 7) is 1.39. The third-order valence-electron chi connectivity index (χ3n) is 5.97. The highest BCUT2D eigenvalue weighted by Gasteiger charge is 2.23. The van der Waals surface area contributed by atoms with E-state index in [1.54, 1.807) is 12.1 Å². The van der Waals surface area contributed by atoms with Crippen molar-refractivity contribution < 1.29 is 8.42 Å². The number of rotatable bonds is 6. The van der Waals surface area contributed by atoms with Gasteiger partial charge in [-0.25, -0.2) is 13.1 Å². The standard InChI is InChI=1S/C24H29N3O2S/c1-26(2)23(20-13-14-22-19(16-20)10-7-15-27(22)3)17-25-30(28,29)24-12-6-9-18-8-4-5-11-21(18)24/h4-6,8-9,11-14,16,23,25H,7,10,15,17H2,1-3H3. The van der Waals surface area contributed by atoms with Crippen LogP contribution in [0, 0.1) is 0 Å². The number of sulfonamides is 1. The zero-order chi connectivity index (χ0) is 21.3. The molecule has 1 atom stereocenters. The van der Waals surface area contributed by atoms with Crippen molar-refractivity contribution in [2.24, 2.45) is 0 Å². The second-order valence-electron chi connectivity index (χ2n) is 8.22. The summed E-state index contributed by atoms with van der Waals surface area (Å²) in [5, 5.41) is 1.66. The van der Waals surface area contributed by atoms with Gasteiger partial charge in [-0.1, -0.05) is 48.5 Å². The molecule has 3 aromatic carbocycles. The van der Waals surface area contributed by atoms with Gasteiger partial charge in [0.1, 0.15) is 0 Å². The molecule has 0 radical (unpaired) electrons. The lowest BCUT2D eigenvalue weighted by molar-refractivity contribution is 0.299. The molecule has 1 heterocycles. The monoisotopic (exact) mass is 423 g/mol. The van der Waals surface area contributed by atoms with Crippen LogP contribution in [0.5, 0.6) is 0 Å². The first-order valence-corrected chi connectivity index (χ1v) is 11.8. The maximum absolute atomic E-state index is 13.1. The topological polar surface area (TPSA) is 52.7 Å².